The molecule has 5 nitrogen and oxygen atoms in total. The fourth-order valence-electron chi connectivity index (χ4n) is 2.19. The predicted molar refractivity (Wildman–Crippen MR) is 67.0 cm³/mol. The molecular formula is C11H22N2O3S. The zero-order valence-electron chi connectivity index (χ0n) is 10.7. The van der Waals surface area contributed by atoms with Gasteiger partial charge in [0, 0.05) is 0 Å². The molecule has 1 fully saturated rings. The first-order chi connectivity index (χ1) is 7.78. The van der Waals surface area contributed by atoms with Crippen molar-refractivity contribution in [1.82, 2.24) is 10.0 Å². The number of hydrogen-bond acceptors (Lipinski definition) is 4. The van der Waals surface area contributed by atoms with E-state index in [4.69, 9.17) is 0 Å². The second kappa shape index (κ2) is 5.35. The van der Waals surface area contributed by atoms with Gasteiger partial charge >= 0.3 is 0 Å². The second-order valence-electron chi connectivity index (χ2n) is 5.26. The van der Waals surface area contributed by atoms with Crippen molar-refractivity contribution in [2.45, 2.75) is 46.1 Å². The summed E-state index contributed by atoms with van der Waals surface area (Å²) in [6.07, 6.45) is 2.44. The Labute approximate surface area is 103 Å². The molecule has 2 N–H and O–H groups in total. The fraction of sp³-hybridized carbons (Fsp3) is 0.909. The minimum Gasteiger partial charge on any atom is -0.305 e. The van der Waals surface area contributed by atoms with Crippen LogP contribution in [0.4, 0.5) is 0 Å². The molecule has 6 heteroatoms. The SMILES string of the molecule is CCCS(=O)(=O)NC(=O)C1NCCCC1(C)C. The van der Waals surface area contributed by atoms with Crippen LogP contribution in [-0.4, -0.2) is 32.7 Å². The van der Waals surface area contributed by atoms with Gasteiger partial charge in [-0.3, -0.25) is 9.52 Å². The van der Waals surface area contributed by atoms with Gasteiger partial charge in [0.2, 0.25) is 10.0 Å². The average Bonchev–Trinajstić information content (AvgIpc) is 2.15. The molecule has 17 heavy (non-hydrogen) atoms. The van der Waals surface area contributed by atoms with Gasteiger partial charge < -0.3 is 5.32 Å². The maximum absolute atomic E-state index is 12.0. The Morgan fingerprint density at radius 1 is 1.47 bits per heavy atom. The van der Waals surface area contributed by atoms with Gasteiger partial charge in [0.1, 0.15) is 0 Å². The predicted octanol–water partition coefficient (Wildman–Crippen LogP) is 0.621. The minimum atomic E-state index is -3.47. The molecule has 1 amide bonds. The molecule has 1 unspecified atom stereocenters. The molecule has 0 aromatic carbocycles. The molecule has 1 saturated heterocycles. The Hall–Kier alpha value is -0.620. The number of carbonyl (C=O) groups is 1. The van der Waals surface area contributed by atoms with Crippen LogP contribution >= 0.6 is 0 Å². The summed E-state index contributed by atoms with van der Waals surface area (Å²) in [5, 5.41) is 3.10. The fourth-order valence-corrected chi connectivity index (χ4v) is 3.25. The third-order valence-electron chi connectivity index (χ3n) is 3.12. The molecule has 100 valence electrons. The normalized spacial score (nSPS) is 24.3. The van der Waals surface area contributed by atoms with E-state index in [9.17, 15) is 13.2 Å². The molecular weight excluding hydrogens is 240 g/mol. The van der Waals surface area contributed by atoms with Crippen LogP contribution in [0.3, 0.4) is 0 Å². The lowest BCUT2D eigenvalue weighted by Gasteiger charge is -2.38. The van der Waals surface area contributed by atoms with Crippen molar-refractivity contribution >= 4 is 15.9 Å². The largest absolute Gasteiger partial charge is 0.305 e. The number of carbonyl (C=O) groups excluding carboxylic acids is 1. The van der Waals surface area contributed by atoms with Crippen LogP contribution in [-0.2, 0) is 14.8 Å². The standard InChI is InChI=1S/C11H22N2O3S/c1-4-8-17(15,16)13-10(14)9-11(2,3)6-5-7-12-9/h9,12H,4-8H2,1-3H3,(H,13,14). The Kier molecular flexibility index (Phi) is 4.55. The summed E-state index contributed by atoms with van der Waals surface area (Å²) in [6.45, 7) is 6.49. The lowest BCUT2D eigenvalue weighted by Crippen LogP contribution is -2.56. The van der Waals surface area contributed by atoms with Gasteiger partial charge in [0.05, 0.1) is 11.8 Å². The number of piperidine rings is 1. The molecule has 0 spiro atoms. The molecule has 1 atom stereocenters. The van der Waals surface area contributed by atoms with Gasteiger partial charge in [-0.1, -0.05) is 20.8 Å². The van der Waals surface area contributed by atoms with E-state index in [2.05, 4.69) is 10.0 Å². The van der Waals surface area contributed by atoms with Crippen molar-refractivity contribution in [2.75, 3.05) is 12.3 Å². The lowest BCUT2D eigenvalue weighted by atomic mass is 9.77. The summed E-state index contributed by atoms with van der Waals surface area (Å²) in [5.41, 5.74) is -0.204. The Morgan fingerprint density at radius 2 is 2.12 bits per heavy atom. The molecule has 0 aromatic rings. The summed E-state index contributed by atoms with van der Waals surface area (Å²) in [7, 11) is -3.47. The highest BCUT2D eigenvalue weighted by atomic mass is 32.2. The van der Waals surface area contributed by atoms with Crippen LogP contribution in [0.15, 0.2) is 0 Å². The molecule has 0 saturated carbocycles. The summed E-state index contributed by atoms with van der Waals surface area (Å²) >= 11 is 0. The second-order valence-corrected chi connectivity index (χ2v) is 7.11. The lowest BCUT2D eigenvalue weighted by molar-refractivity contribution is -0.124. The minimum absolute atomic E-state index is 0.00805. The van der Waals surface area contributed by atoms with Gasteiger partial charge in [-0.2, -0.15) is 0 Å². The van der Waals surface area contributed by atoms with Crippen LogP contribution in [0.1, 0.15) is 40.0 Å². The quantitative estimate of drug-likeness (QED) is 0.779. The smallest absolute Gasteiger partial charge is 0.251 e. The molecule has 0 bridgehead atoms. The summed E-state index contributed by atoms with van der Waals surface area (Å²) in [5.74, 6) is -0.436. The van der Waals surface area contributed by atoms with Crippen LogP contribution in [0.25, 0.3) is 0 Å². The zero-order chi connectivity index (χ0) is 13.1. The van der Waals surface area contributed by atoms with Crippen LogP contribution in [0.5, 0.6) is 0 Å². The van der Waals surface area contributed by atoms with E-state index in [1.807, 2.05) is 13.8 Å². The van der Waals surface area contributed by atoms with Crippen LogP contribution < -0.4 is 10.0 Å². The van der Waals surface area contributed by atoms with Crippen LogP contribution in [0.2, 0.25) is 0 Å². The van der Waals surface area contributed by atoms with Gasteiger partial charge in [-0.05, 0) is 31.2 Å². The highest BCUT2D eigenvalue weighted by Gasteiger charge is 2.38. The van der Waals surface area contributed by atoms with Gasteiger partial charge in [0.25, 0.3) is 5.91 Å². The highest BCUT2D eigenvalue weighted by molar-refractivity contribution is 7.90. The summed E-state index contributed by atoms with van der Waals surface area (Å²) in [4.78, 5) is 12.0. The topological polar surface area (TPSA) is 75.3 Å². The monoisotopic (exact) mass is 262 g/mol. The van der Waals surface area contributed by atoms with Crippen molar-refractivity contribution in [1.29, 1.82) is 0 Å². The van der Waals surface area contributed by atoms with E-state index in [0.717, 1.165) is 19.4 Å². The van der Waals surface area contributed by atoms with Crippen molar-refractivity contribution in [3.63, 3.8) is 0 Å². The maximum Gasteiger partial charge on any atom is 0.251 e. The molecule has 1 heterocycles. The number of nitrogens with one attached hydrogen (secondary N) is 2. The highest BCUT2D eigenvalue weighted by Crippen LogP contribution is 2.30. The number of amides is 1. The number of rotatable bonds is 4. The molecule has 1 aliphatic rings. The van der Waals surface area contributed by atoms with Crippen molar-refractivity contribution in [2.24, 2.45) is 5.41 Å². The van der Waals surface area contributed by atoms with Crippen molar-refractivity contribution in [3.8, 4) is 0 Å². The van der Waals surface area contributed by atoms with E-state index in [-0.39, 0.29) is 11.2 Å². The van der Waals surface area contributed by atoms with Crippen molar-refractivity contribution in [3.05, 3.63) is 0 Å². The zero-order valence-corrected chi connectivity index (χ0v) is 11.6. The van der Waals surface area contributed by atoms with E-state index >= 15 is 0 Å². The van der Waals surface area contributed by atoms with E-state index in [1.165, 1.54) is 0 Å². The van der Waals surface area contributed by atoms with Crippen molar-refractivity contribution < 1.29 is 13.2 Å². The molecule has 0 aromatic heterocycles. The van der Waals surface area contributed by atoms with Gasteiger partial charge in [0.15, 0.2) is 0 Å². The molecule has 0 radical (unpaired) electrons. The first-order valence-electron chi connectivity index (χ1n) is 6.06. The molecule has 0 aliphatic carbocycles. The third kappa shape index (κ3) is 3.96. The Bertz CT molecular complexity index is 376. The van der Waals surface area contributed by atoms with Gasteiger partial charge in [-0.15, -0.1) is 0 Å². The molecule has 1 rings (SSSR count). The Morgan fingerprint density at radius 3 is 2.65 bits per heavy atom. The molecule has 1 aliphatic heterocycles. The summed E-state index contributed by atoms with van der Waals surface area (Å²) < 4.78 is 25.2. The first kappa shape index (κ1) is 14.4. The number of hydrogen-bond donors (Lipinski definition) is 2. The number of sulfonamides is 1. The summed E-state index contributed by atoms with van der Waals surface area (Å²) in [6, 6.07) is -0.428. The first-order valence-corrected chi connectivity index (χ1v) is 7.71. The van der Waals surface area contributed by atoms with Crippen LogP contribution in [0, 0.1) is 5.41 Å². The van der Waals surface area contributed by atoms with E-state index in [0.29, 0.717) is 6.42 Å². The maximum atomic E-state index is 12.0. The van der Waals surface area contributed by atoms with E-state index in [1.54, 1.807) is 6.92 Å². The Balaban J connectivity index is 2.70. The third-order valence-corrected chi connectivity index (χ3v) is 4.58. The average molecular weight is 262 g/mol. The van der Waals surface area contributed by atoms with E-state index < -0.39 is 22.0 Å². The van der Waals surface area contributed by atoms with Gasteiger partial charge in [-0.25, -0.2) is 8.42 Å².